The maximum atomic E-state index is 4.66. The van der Waals surface area contributed by atoms with Crippen molar-refractivity contribution < 1.29 is 4.74 Å². The van der Waals surface area contributed by atoms with Crippen molar-refractivity contribution in [2.45, 2.75) is 0 Å². The Bertz CT molecular complexity index is 28.1. The molecule has 5 heavy (non-hydrogen) atoms. The van der Waals surface area contributed by atoms with Crippen LogP contribution in [0, 0.1) is 0 Å². The molecule has 0 atom stereocenters. The van der Waals surface area contributed by atoms with Crippen LogP contribution in [0.15, 0.2) is 12.8 Å². The zero-order valence-corrected chi connectivity index (χ0v) is 5.40. The van der Waals surface area contributed by atoms with Gasteiger partial charge in [0.25, 0.3) is 0 Å². The Morgan fingerprint density at radius 2 is 2.60 bits per heavy atom. The summed E-state index contributed by atoms with van der Waals surface area (Å²) in [5, 5.41) is 0. The van der Waals surface area contributed by atoms with Crippen molar-refractivity contribution in [3.63, 3.8) is 0 Å². The average molecular weight is 88.2 g/mol. The maximum absolute atomic E-state index is 4.66. The van der Waals surface area contributed by atoms with E-state index in [1.54, 1.807) is 0 Å². The second kappa shape index (κ2) is 3.76. The third-order valence-corrected chi connectivity index (χ3v) is 0.618. The zero-order valence-electron chi connectivity index (χ0n) is 3.40. The first-order valence-corrected chi connectivity index (χ1v) is 3.05. The molecule has 0 aromatic carbocycles. The third-order valence-electron chi connectivity index (χ3n) is 0.285. The van der Waals surface area contributed by atoms with Crippen molar-refractivity contribution in [3.8, 4) is 0 Å². The average Bonchev–Trinajstić information content (AvgIpc) is 1.41. The maximum Gasteiger partial charge on any atom is 0.0751 e. The molecule has 1 nitrogen and oxygen atoms in total. The van der Waals surface area contributed by atoms with E-state index in [0.717, 1.165) is 16.5 Å². The van der Waals surface area contributed by atoms with Crippen LogP contribution in [0.2, 0.25) is 0 Å². The second-order valence-corrected chi connectivity index (χ2v) is 1.20. The van der Waals surface area contributed by atoms with E-state index in [-0.39, 0.29) is 0 Å². The summed E-state index contributed by atoms with van der Waals surface area (Å²) in [6.07, 6.45) is 2.33. The zero-order chi connectivity index (χ0) is 4.12. The first-order valence-electron chi connectivity index (χ1n) is 1.64. The van der Waals surface area contributed by atoms with Gasteiger partial charge in [0.05, 0.1) is 22.7 Å². The van der Waals surface area contributed by atoms with Crippen LogP contribution in [0.3, 0.4) is 0 Å². The van der Waals surface area contributed by atoms with Gasteiger partial charge in [-0.25, -0.2) is 0 Å². The van der Waals surface area contributed by atoms with E-state index >= 15 is 0 Å². The molecule has 0 aromatic rings. The minimum atomic E-state index is 0.865. The van der Waals surface area contributed by atoms with E-state index in [1.807, 2.05) is 0 Å². The van der Waals surface area contributed by atoms with E-state index in [0.29, 0.717) is 0 Å². The molecule has 0 aromatic heterocycles. The van der Waals surface area contributed by atoms with Gasteiger partial charge in [-0.15, -0.1) is 0 Å². The minimum absolute atomic E-state index is 0.865. The molecular weight excluding hydrogens is 80.1 g/mol. The molecule has 0 aliphatic carbocycles. The second-order valence-electron chi connectivity index (χ2n) is 0.622. The molecule has 0 aliphatic rings. The molecule has 0 amide bonds. The smallest absolute Gasteiger partial charge is 0.0751 e. The van der Waals surface area contributed by atoms with Gasteiger partial charge < -0.3 is 4.74 Å². The van der Waals surface area contributed by atoms with Crippen molar-refractivity contribution in [2.24, 2.45) is 0 Å². The monoisotopic (exact) mass is 88.0 g/mol. The Labute approximate surface area is 35.1 Å². The van der Waals surface area contributed by atoms with Gasteiger partial charge >= 0.3 is 0 Å². The lowest BCUT2D eigenvalue weighted by molar-refractivity contribution is 0.314. The summed E-state index contributed by atoms with van der Waals surface area (Å²) >= 11 is 0. The highest BCUT2D eigenvalue weighted by molar-refractivity contribution is 6.08. The fraction of sp³-hybridized carbons (Fsp3) is 0.333. The van der Waals surface area contributed by atoms with Crippen LogP contribution in [0.25, 0.3) is 0 Å². The molecule has 0 bridgehead atoms. The van der Waals surface area contributed by atoms with Crippen molar-refractivity contribution >= 4 is 10.2 Å². The summed E-state index contributed by atoms with van der Waals surface area (Å²) in [6.45, 7) is 3.35. The Hall–Kier alpha value is -0.243. The highest BCUT2D eigenvalue weighted by Gasteiger charge is 1.56. The molecule has 2 heteroatoms. The molecule has 30 valence electrons. The van der Waals surface area contributed by atoms with Crippen molar-refractivity contribution in [3.05, 3.63) is 12.8 Å². The molecule has 0 N–H and O–H groups in total. The summed E-state index contributed by atoms with van der Waals surface area (Å²) in [7, 11) is 1.11. The summed E-state index contributed by atoms with van der Waals surface area (Å²) in [6, 6.07) is 0. The van der Waals surface area contributed by atoms with Crippen LogP contribution in [-0.2, 0) is 4.74 Å². The number of ether oxygens (including phenoxy) is 1. The Morgan fingerprint density at radius 3 is 2.60 bits per heavy atom. The summed E-state index contributed by atoms with van der Waals surface area (Å²) in [4.78, 5) is 0. The molecule has 0 fully saturated rings. The highest BCUT2D eigenvalue weighted by Crippen LogP contribution is 1.61. The predicted octanol–water partition coefficient (Wildman–Crippen LogP) is -0.531. The standard InChI is InChI=1S/C3H8OSi/c1-2-4-3-5/h2H,1,3H2,5H3. The Balaban J connectivity index is 2.40. The van der Waals surface area contributed by atoms with Crippen LogP contribution in [-0.4, -0.2) is 16.5 Å². The Kier molecular flexibility index (Phi) is 3.57. The third kappa shape index (κ3) is 3.76. The first kappa shape index (κ1) is 4.76. The summed E-state index contributed by atoms with van der Waals surface area (Å²) in [5.41, 5.74) is 0. The quantitative estimate of drug-likeness (QED) is 0.326. The number of rotatable bonds is 2. The molecule has 0 spiro atoms. The van der Waals surface area contributed by atoms with E-state index in [1.165, 1.54) is 6.26 Å². The molecule has 0 radical (unpaired) electrons. The molecule has 0 heterocycles. The largest absolute Gasteiger partial charge is 0.506 e. The van der Waals surface area contributed by atoms with Gasteiger partial charge in [-0.05, 0) is 0 Å². The van der Waals surface area contributed by atoms with Crippen LogP contribution < -0.4 is 0 Å². The lowest BCUT2D eigenvalue weighted by Gasteiger charge is -1.84. The van der Waals surface area contributed by atoms with Gasteiger partial charge in [0.1, 0.15) is 0 Å². The minimum Gasteiger partial charge on any atom is -0.506 e. The predicted molar refractivity (Wildman–Crippen MR) is 26.1 cm³/mol. The topological polar surface area (TPSA) is 9.23 Å². The molecule has 0 aliphatic heterocycles. The van der Waals surface area contributed by atoms with Crippen LogP contribution in [0.4, 0.5) is 0 Å². The molecule has 0 rings (SSSR count). The fourth-order valence-electron chi connectivity index (χ4n) is 0.118. The van der Waals surface area contributed by atoms with Gasteiger partial charge in [0.2, 0.25) is 0 Å². The lowest BCUT2D eigenvalue weighted by Crippen LogP contribution is -1.79. The molecular formula is C3H8OSi. The summed E-state index contributed by atoms with van der Waals surface area (Å²) in [5.74, 6) is 0. The normalized spacial score (nSPS) is 7.20. The van der Waals surface area contributed by atoms with Gasteiger partial charge in [0.15, 0.2) is 0 Å². The van der Waals surface area contributed by atoms with Gasteiger partial charge in [-0.1, -0.05) is 6.58 Å². The molecule has 0 saturated heterocycles. The number of hydrogen-bond donors (Lipinski definition) is 0. The highest BCUT2D eigenvalue weighted by atomic mass is 28.1. The van der Waals surface area contributed by atoms with Crippen molar-refractivity contribution in [1.82, 2.24) is 0 Å². The van der Waals surface area contributed by atoms with Gasteiger partial charge in [-0.3, -0.25) is 0 Å². The SMILES string of the molecule is C=COC[SiH3]. The number of hydrogen-bond acceptors (Lipinski definition) is 1. The van der Waals surface area contributed by atoms with Crippen molar-refractivity contribution in [1.29, 1.82) is 0 Å². The van der Waals surface area contributed by atoms with E-state index in [9.17, 15) is 0 Å². The Morgan fingerprint density at radius 1 is 2.00 bits per heavy atom. The fourth-order valence-corrected chi connectivity index (χ4v) is 0.354. The molecule has 0 saturated carbocycles. The summed E-state index contributed by atoms with van der Waals surface area (Å²) < 4.78 is 4.66. The van der Waals surface area contributed by atoms with Crippen LogP contribution in [0.1, 0.15) is 0 Å². The van der Waals surface area contributed by atoms with Crippen molar-refractivity contribution in [2.75, 3.05) is 6.23 Å². The van der Waals surface area contributed by atoms with Gasteiger partial charge in [0, 0.05) is 0 Å². The van der Waals surface area contributed by atoms with E-state index in [4.69, 9.17) is 0 Å². The molecule has 0 unspecified atom stereocenters. The van der Waals surface area contributed by atoms with Crippen LogP contribution in [0.5, 0.6) is 0 Å². The first-order chi connectivity index (χ1) is 2.41. The van der Waals surface area contributed by atoms with Crippen LogP contribution >= 0.6 is 0 Å². The van der Waals surface area contributed by atoms with E-state index < -0.39 is 0 Å². The van der Waals surface area contributed by atoms with Gasteiger partial charge in [-0.2, -0.15) is 0 Å². The van der Waals surface area contributed by atoms with E-state index in [2.05, 4.69) is 11.3 Å². The lowest BCUT2D eigenvalue weighted by atomic mass is 11.2.